The molecule has 0 spiro atoms. The molecule has 0 saturated heterocycles. The van der Waals surface area contributed by atoms with Crippen molar-refractivity contribution in [2.45, 2.75) is 0 Å². The summed E-state index contributed by atoms with van der Waals surface area (Å²) < 4.78 is 5.81. The first-order valence-electron chi connectivity index (χ1n) is 6.58. The Balaban J connectivity index is 2.11. The molecule has 21 heavy (non-hydrogen) atoms. The van der Waals surface area contributed by atoms with E-state index in [1.54, 1.807) is 0 Å². The summed E-state index contributed by atoms with van der Waals surface area (Å²) in [7, 11) is 0. The molecule has 0 fully saturated rings. The zero-order chi connectivity index (χ0) is 14.7. The lowest BCUT2D eigenvalue weighted by molar-refractivity contribution is 0.434. The van der Waals surface area contributed by atoms with Gasteiger partial charge in [-0.1, -0.05) is 48.5 Å². The molecule has 0 bridgehead atoms. The molecule has 0 unspecified atom stereocenters. The van der Waals surface area contributed by atoms with Crippen molar-refractivity contribution in [1.29, 1.82) is 0 Å². The van der Waals surface area contributed by atoms with E-state index in [2.05, 4.69) is 0 Å². The standard InChI is InChI=1S/C18H14O3/c19-14-11-16(20)18(13-7-3-1-4-8-13)17(12-14)21-15-9-5-2-6-10-15/h1-12,19-20H. The number of benzene rings is 3. The third-order valence-corrected chi connectivity index (χ3v) is 3.10. The van der Waals surface area contributed by atoms with E-state index >= 15 is 0 Å². The number of hydrogen-bond donors (Lipinski definition) is 2. The molecule has 0 radical (unpaired) electrons. The molecule has 0 atom stereocenters. The van der Waals surface area contributed by atoms with Crippen LogP contribution in [0.5, 0.6) is 23.0 Å². The SMILES string of the molecule is Oc1cc(O)c(-c2ccccc2)c(Oc2ccccc2)c1. The normalized spacial score (nSPS) is 10.3. The maximum Gasteiger partial charge on any atom is 0.142 e. The Labute approximate surface area is 122 Å². The Morgan fingerprint density at radius 3 is 2.00 bits per heavy atom. The molecule has 3 rings (SSSR count). The molecule has 0 saturated carbocycles. The fourth-order valence-electron chi connectivity index (χ4n) is 2.18. The van der Waals surface area contributed by atoms with Crippen LogP contribution >= 0.6 is 0 Å². The summed E-state index contributed by atoms with van der Waals surface area (Å²) in [4.78, 5) is 0. The average Bonchev–Trinajstić information content (AvgIpc) is 2.48. The molecule has 104 valence electrons. The molecule has 3 heteroatoms. The Morgan fingerprint density at radius 1 is 0.714 bits per heavy atom. The topological polar surface area (TPSA) is 49.7 Å². The molecule has 3 aromatic rings. The van der Waals surface area contributed by atoms with Gasteiger partial charge < -0.3 is 14.9 Å². The minimum absolute atomic E-state index is 0.0212. The molecule has 0 aliphatic carbocycles. The molecule has 0 amide bonds. The van der Waals surface area contributed by atoms with Gasteiger partial charge in [0.1, 0.15) is 23.0 Å². The number of hydrogen-bond acceptors (Lipinski definition) is 3. The lowest BCUT2D eigenvalue weighted by Crippen LogP contribution is -1.89. The van der Waals surface area contributed by atoms with Crippen LogP contribution in [-0.2, 0) is 0 Å². The first kappa shape index (κ1) is 13.1. The summed E-state index contributed by atoms with van der Waals surface area (Å²) in [5.41, 5.74) is 1.37. The minimum atomic E-state index is -0.0434. The number of para-hydroxylation sites is 1. The molecule has 0 aliphatic heterocycles. The van der Waals surface area contributed by atoms with Gasteiger partial charge in [-0.3, -0.25) is 0 Å². The summed E-state index contributed by atoms with van der Waals surface area (Å²) in [6.07, 6.45) is 0. The Morgan fingerprint density at radius 2 is 1.33 bits per heavy atom. The van der Waals surface area contributed by atoms with Crippen molar-refractivity contribution in [2.24, 2.45) is 0 Å². The molecule has 0 aliphatic rings. The molecule has 2 N–H and O–H groups in total. The van der Waals surface area contributed by atoms with E-state index in [1.165, 1.54) is 12.1 Å². The van der Waals surface area contributed by atoms with Crippen LogP contribution < -0.4 is 4.74 Å². The number of ether oxygens (including phenoxy) is 1. The monoisotopic (exact) mass is 278 g/mol. The van der Waals surface area contributed by atoms with Gasteiger partial charge in [0.25, 0.3) is 0 Å². The third-order valence-electron chi connectivity index (χ3n) is 3.10. The molecule has 3 nitrogen and oxygen atoms in total. The fourth-order valence-corrected chi connectivity index (χ4v) is 2.18. The second-order valence-electron chi connectivity index (χ2n) is 4.62. The Kier molecular flexibility index (Phi) is 3.48. The zero-order valence-corrected chi connectivity index (χ0v) is 11.2. The van der Waals surface area contributed by atoms with Gasteiger partial charge in [-0.25, -0.2) is 0 Å². The number of aromatic hydroxyl groups is 2. The van der Waals surface area contributed by atoms with E-state index in [0.717, 1.165) is 5.56 Å². The third kappa shape index (κ3) is 2.82. The van der Waals surface area contributed by atoms with Gasteiger partial charge in [0.05, 0.1) is 5.56 Å². The zero-order valence-electron chi connectivity index (χ0n) is 11.2. The lowest BCUT2D eigenvalue weighted by Gasteiger charge is -2.13. The highest BCUT2D eigenvalue weighted by Gasteiger charge is 2.14. The highest BCUT2D eigenvalue weighted by molar-refractivity contribution is 5.78. The van der Waals surface area contributed by atoms with Crippen LogP contribution in [0.15, 0.2) is 72.8 Å². The maximum atomic E-state index is 10.2. The average molecular weight is 278 g/mol. The summed E-state index contributed by atoms with van der Waals surface area (Å²) in [5.74, 6) is 0.981. The second-order valence-corrected chi connectivity index (χ2v) is 4.62. The minimum Gasteiger partial charge on any atom is -0.508 e. The maximum absolute atomic E-state index is 10.2. The van der Waals surface area contributed by atoms with Crippen LogP contribution in [-0.4, -0.2) is 10.2 Å². The summed E-state index contributed by atoms with van der Waals surface area (Å²) in [6.45, 7) is 0. The van der Waals surface area contributed by atoms with Crippen LogP contribution in [0.25, 0.3) is 11.1 Å². The van der Waals surface area contributed by atoms with Crippen LogP contribution in [0.4, 0.5) is 0 Å². The van der Waals surface area contributed by atoms with Crippen molar-refractivity contribution >= 4 is 0 Å². The largest absolute Gasteiger partial charge is 0.508 e. The molecule has 3 aromatic carbocycles. The van der Waals surface area contributed by atoms with Crippen LogP contribution in [0.2, 0.25) is 0 Å². The predicted octanol–water partition coefficient (Wildman–Crippen LogP) is 4.56. The van der Waals surface area contributed by atoms with Crippen molar-refractivity contribution < 1.29 is 14.9 Å². The molecular formula is C18H14O3. The van der Waals surface area contributed by atoms with Crippen LogP contribution in [0, 0.1) is 0 Å². The quantitative estimate of drug-likeness (QED) is 0.738. The molecule has 0 aromatic heterocycles. The van der Waals surface area contributed by atoms with Crippen molar-refractivity contribution in [2.75, 3.05) is 0 Å². The highest BCUT2D eigenvalue weighted by atomic mass is 16.5. The number of phenols is 2. The predicted molar refractivity (Wildman–Crippen MR) is 81.7 cm³/mol. The van der Waals surface area contributed by atoms with E-state index in [0.29, 0.717) is 17.1 Å². The van der Waals surface area contributed by atoms with Crippen LogP contribution in [0.3, 0.4) is 0 Å². The molecular weight excluding hydrogens is 264 g/mol. The van der Waals surface area contributed by atoms with Crippen LogP contribution in [0.1, 0.15) is 0 Å². The van der Waals surface area contributed by atoms with Gasteiger partial charge in [-0.2, -0.15) is 0 Å². The first-order chi connectivity index (χ1) is 10.2. The van der Waals surface area contributed by atoms with Crippen molar-refractivity contribution in [3.05, 3.63) is 72.8 Å². The highest BCUT2D eigenvalue weighted by Crippen LogP contribution is 2.42. The summed E-state index contributed by atoms with van der Waals surface area (Å²) in [6, 6.07) is 21.5. The van der Waals surface area contributed by atoms with E-state index in [-0.39, 0.29) is 11.5 Å². The van der Waals surface area contributed by atoms with Gasteiger partial charge in [0, 0.05) is 12.1 Å². The van der Waals surface area contributed by atoms with Crippen molar-refractivity contribution in [1.82, 2.24) is 0 Å². The van der Waals surface area contributed by atoms with Gasteiger partial charge in [-0.15, -0.1) is 0 Å². The van der Waals surface area contributed by atoms with Gasteiger partial charge >= 0.3 is 0 Å². The number of phenolic OH excluding ortho intramolecular Hbond substituents is 2. The second kappa shape index (κ2) is 5.59. The van der Waals surface area contributed by atoms with Gasteiger partial charge in [-0.05, 0) is 17.7 Å². The Hall–Kier alpha value is -2.94. The van der Waals surface area contributed by atoms with Crippen molar-refractivity contribution in [3.8, 4) is 34.1 Å². The lowest BCUT2D eigenvalue weighted by atomic mass is 10.0. The summed E-state index contributed by atoms with van der Waals surface area (Å²) in [5, 5.41) is 19.9. The molecule has 0 heterocycles. The van der Waals surface area contributed by atoms with E-state index in [1.807, 2.05) is 60.7 Å². The fraction of sp³-hybridized carbons (Fsp3) is 0. The first-order valence-corrected chi connectivity index (χ1v) is 6.58. The van der Waals surface area contributed by atoms with E-state index in [4.69, 9.17) is 4.74 Å². The van der Waals surface area contributed by atoms with Gasteiger partial charge in [0.2, 0.25) is 0 Å². The summed E-state index contributed by atoms with van der Waals surface area (Å²) >= 11 is 0. The van der Waals surface area contributed by atoms with E-state index < -0.39 is 0 Å². The van der Waals surface area contributed by atoms with Gasteiger partial charge in [0.15, 0.2) is 0 Å². The number of rotatable bonds is 3. The van der Waals surface area contributed by atoms with E-state index in [9.17, 15) is 10.2 Å². The Bertz CT molecular complexity index is 737. The van der Waals surface area contributed by atoms with Crippen molar-refractivity contribution in [3.63, 3.8) is 0 Å². The smallest absolute Gasteiger partial charge is 0.142 e.